The van der Waals surface area contributed by atoms with Crippen LogP contribution in [-0.2, 0) is 6.54 Å². The summed E-state index contributed by atoms with van der Waals surface area (Å²) in [5, 5.41) is 12.8. The molecule has 2 fully saturated rings. The molecule has 0 spiro atoms. The fourth-order valence-corrected chi connectivity index (χ4v) is 4.78. The first-order valence-electron chi connectivity index (χ1n) is 12.4. The quantitative estimate of drug-likeness (QED) is 0.378. The van der Waals surface area contributed by atoms with Crippen molar-refractivity contribution >= 4 is 28.7 Å². The van der Waals surface area contributed by atoms with Crippen LogP contribution in [0.3, 0.4) is 0 Å². The number of carbonyl (C=O) groups is 1. The summed E-state index contributed by atoms with van der Waals surface area (Å²) in [6.07, 6.45) is 6.00. The van der Waals surface area contributed by atoms with Gasteiger partial charge in [0.15, 0.2) is 11.2 Å². The Kier molecular flexibility index (Phi) is 5.84. The largest absolute Gasteiger partial charge is 0.470 e. The maximum absolute atomic E-state index is 12.7. The predicted octanol–water partition coefficient (Wildman–Crippen LogP) is 4.08. The van der Waals surface area contributed by atoms with Gasteiger partial charge in [0.05, 0.1) is 23.4 Å². The summed E-state index contributed by atoms with van der Waals surface area (Å²) < 4.78 is 8.15. The Morgan fingerprint density at radius 2 is 2.03 bits per heavy atom. The lowest BCUT2D eigenvalue weighted by Gasteiger charge is -2.31. The predicted molar refractivity (Wildman–Crippen MR) is 139 cm³/mol. The fraction of sp³-hybridized carbons (Fsp3) is 0.370. The molecule has 0 bridgehead atoms. The number of aliphatic hydroxyl groups excluding tert-OH is 1. The van der Waals surface area contributed by atoms with Crippen molar-refractivity contribution in [1.29, 1.82) is 0 Å². The van der Waals surface area contributed by atoms with Gasteiger partial charge in [-0.05, 0) is 75.4 Å². The van der Waals surface area contributed by atoms with E-state index in [4.69, 9.17) is 21.3 Å². The third kappa shape index (κ3) is 4.76. The number of nitrogens with zero attached hydrogens (tertiary/aromatic N) is 5. The molecule has 1 amide bonds. The molecule has 3 aromatic heterocycles. The summed E-state index contributed by atoms with van der Waals surface area (Å²) in [5.41, 5.74) is 4.00. The Hall–Kier alpha value is -3.56. The van der Waals surface area contributed by atoms with E-state index in [9.17, 15) is 9.90 Å². The standard InChI is InChI=1S/C27H27ClN6O3/c1-15-5-8-29-18(9-15)13-34-23(33-22-24(34)30-14-31-26(22)37-27(2)6-7-27)20-4-3-16(10-21(20)28)25(36)32-17-11-19(35)12-17/h3-5,8-10,14,17,19,35H,6-7,11-13H2,1-2H3,(H,32,36). The van der Waals surface area contributed by atoms with E-state index >= 15 is 0 Å². The maximum atomic E-state index is 12.7. The van der Waals surface area contributed by atoms with Crippen LogP contribution in [0.2, 0.25) is 5.02 Å². The van der Waals surface area contributed by atoms with Crippen LogP contribution < -0.4 is 10.1 Å². The summed E-state index contributed by atoms with van der Waals surface area (Å²) in [7, 11) is 0. The van der Waals surface area contributed by atoms with Gasteiger partial charge < -0.3 is 19.7 Å². The van der Waals surface area contributed by atoms with Gasteiger partial charge in [0, 0.05) is 23.4 Å². The van der Waals surface area contributed by atoms with Crippen LogP contribution in [0.4, 0.5) is 0 Å². The number of nitrogens with one attached hydrogen (secondary N) is 1. The molecule has 0 atom stereocenters. The number of aromatic nitrogens is 5. The molecule has 0 radical (unpaired) electrons. The van der Waals surface area contributed by atoms with Crippen LogP contribution in [0.1, 0.15) is 54.2 Å². The molecule has 2 aliphatic carbocycles. The number of fused-ring (bicyclic) bond motifs is 1. The van der Waals surface area contributed by atoms with E-state index in [0.717, 1.165) is 24.1 Å². The molecule has 37 heavy (non-hydrogen) atoms. The number of benzene rings is 1. The van der Waals surface area contributed by atoms with E-state index in [1.165, 1.54) is 6.33 Å². The Labute approximate surface area is 218 Å². The molecule has 0 aliphatic heterocycles. The van der Waals surface area contributed by atoms with Crippen molar-refractivity contribution in [1.82, 2.24) is 29.8 Å². The molecule has 0 unspecified atom stereocenters. The van der Waals surface area contributed by atoms with Crippen LogP contribution in [0.15, 0.2) is 42.9 Å². The lowest BCUT2D eigenvalue weighted by atomic mass is 9.89. The zero-order valence-electron chi connectivity index (χ0n) is 20.6. The first-order valence-corrected chi connectivity index (χ1v) is 12.8. The van der Waals surface area contributed by atoms with Crippen molar-refractivity contribution in [3.63, 3.8) is 0 Å². The Balaban J connectivity index is 1.40. The second kappa shape index (κ2) is 9.08. The monoisotopic (exact) mass is 518 g/mol. The van der Waals surface area contributed by atoms with Crippen LogP contribution in [-0.4, -0.2) is 53.3 Å². The highest BCUT2D eigenvalue weighted by atomic mass is 35.5. The van der Waals surface area contributed by atoms with Crippen LogP contribution in [0.5, 0.6) is 5.88 Å². The normalized spacial score (nSPS) is 19.9. The van der Waals surface area contributed by atoms with Crippen molar-refractivity contribution < 1.29 is 14.6 Å². The second-order valence-corrected chi connectivity index (χ2v) is 10.6. The highest BCUT2D eigenvalue weighted by Gasteiger charge is 2.41. The molecular weight excluding hydrogens is 492 g/mol. The van der Waals surface area contributed by atoms with Gasteiger partial charge in [0.1, 0.15) is 17.8 Å². The van der Waals surface area contributed by atoms with Gasteiger partial charge in [-0.3, -0.25) is 9.78 Å². The van der Waals surface area contributed by atoms with Crippen LogP contribution in [0.25, 0.3) is 22.6 Å². The summed E-state index contributed by atoms with van der Waals surface area (Å²) in [5.74, 6) is 0.808. The number of ether oxygens (including phenoxy) is 1. The summed E-state index contributed by atoms with van der Waals surface area (Å²) in [6.45, 7) is 4.50. The summed E-state index contributed by atoms with van der Waals surface area (Å²) in [4.78, 5) is 31.1. The minimum Gasteiger partial charge on any atom is -0.470 e. The van der Waals surface area contributed by atoms with E-state index in [1.807, 2.05) is 23.6 Å². The van der Waals surface area contributed by atoms with Gasteiger partial charge in [-0.2, -0.15) is 4.98 Å². The Morgan fingerprint density at radius 3 is 2.73 bits per heavy atom. The fourth-order valence-electron chi connectivity index (χ4n) is 4.52. The van der Waals surface area contributed by atoms with Crippen molar-refractivity contribution in [2.75, 3.05) is 0 Å². The summed E-state index contributed by atoms with van der Waals surface area (Å²) >= 11 is 6.74. The molecule has 2 aliphatic rings. The third-order valence-electron chi connectivity index (χ3n) is 7.01. The number of rotatable bonds is 7. The minimum atomic E-state index is -0.341. The number of aryl methyl sites for hydroxylation is 1. The number of pyridine rings is 1. The average Bonchev–Trinajstić information content (AvgIpc) is 3.46. The topological polar surface area (TPSA) is 115 Å². The molecule has 6 rings (SSSR count). The molecule has 9 nitrogen and oxygen atoms in total. The lowest BCUT2D eigenvalue weighted by molar-refractivity contribution is 0.0562. The molecule has 4 aromatic rings. The molecule has 190 valence electrons. The lowest BCUT2D eigenvalue weighted by Crippen LogP contribution is -2.46. The molecule has 2 N–H and O–H groups in total. The Morgan fingerprint density at radius 1 is 1.22 bits per heavy atom. The average molecular weight is 519 g/mol. The van der Waals surface area contributed by atoms with Crippen LogP contribution >= 0.6 is 11.6 Å². The molecule has 1 aromatic carbocycles. The van der Waals surface area contributed by atoms with E-state index in [2.05, 4.69) is 27.2 Å². The molecule has 3 heterocycles. The number of hydrogen-bond donors (Lipinski definition) is 2. The van der Waals surface area contributed by atoms with E-state index < -0.39 is 0 Å². The summed E-state index contributed by atoms with van der Waals surface area (Å²) in [6, 6.07) is 9.12. The first-order chi connectivity index (χ1) is 17.8. The molecule has 2 saturated carbocycles. The van der Waals surface area contributed by atoms with Gasteiger partial charge in [-0.15, -0.1) is 0 Å². The maximum Gasteiger partial charge on any atom is 0.251 e. The van der Waals surface area contributed by atoms with Gasteiger partial charge in [0.25, 0.3) is 5.91 Å². The van der Waals surface area contributed by atoms with Crippen molar-refractivity contribution in [2.24, 2.45) is 0 Å². The van der Waals surface area contributed by atoms with Gasteiger partial charge in [-0.25, -0.2) is 9.97 Å². The first kappa shape index (κ1) is 23.8. The number of carbonyl (C=O) groups excluding carboxylic acids is 1. The highest BCUT2D eigenvalue weighted by Crippen LogP contribution is 2.41. The second-order valence-electron chi connectivity index (χ2n) is 10.2. The third-order valence-corrected chi connectivity index (χ3v) is 7.32. The zero-order chi connectivity index (χ0) is 25.7. The van der Waals surface area contributed by atoms with Crippen LogP contribution in [0, 0.1) is 6.92 Å². The van der Waals surface area contributed by atoms with E-state index in [-0.39, 0.29) is 23.7 Å². The number of imidazole rings is 1. The smallest absolute Gasteiger partial charge is 0.251 e. The highest BCUT2D eigenvalue weighted by molar-refractivity contribution is 6.33. The van der Waals surface area contributed by atoms with Gasteiger partial charge in [0.2, 0.25) is 5.88 Å². The van der Waals surface area contributed by atoms with Crippen molar-refractivity contribution in [2.45, 2.75) is 63.8 Å². The number of amides is 1. The molecule has 0 saturated heterocycles. The van der Waals surface area contributed by atoms with E-state index in [0.29, 0.717) is 58.4 Å². The van der Waals surface area contributed by atoms with Crippen molar-refractivity contribution in [3.8, 4) is 17.3 Å². The number of halogens is 1. The van der Waals surface area contributed by atoms with Gasteiger partial charge in [-0.1, -0.05) is 11.6 Å². The molecular formula is C27H27ClN6O3. The Bertz CT molecular complexity index is 1510. The zero-order valence-corrected chi connectivity index (χ0v) is 21.4. The van der Waals surface area contributed by atoms with E-state index in [1.54, 1.807) is 24.4 Å². The van der Waals surface area contributed by atoms with Gasteiger partial charge >= 0.3 is 0 Å². The SMILES string of the molecule is Cc1ccnc(Cn2c(-c3ccc(C(=O)NC4CC(O)C4)cc3Cl)nc3c(OC4(C)CC4)ncnc32)c1. The van der Waals surface area contributed by atoms with Crippen molar-refractivity contribution in [3.05, 3.63) is 64.7 Å². The number of aliphatic hydroxyl groups is 1. The number of hydrogen-bond acceptors (Lipinski definition) is 7. The molecule has 10 heteroatoms. The minimum absolute atomic E-state index is 0.0164.